The number of para-hydroxylation sites is 2. The summed E-state index contributed by atoms with van der Waals surface area (Å²) < 4.78 is 3.08. The van der Waals surface area contributed by atoms with E-state index < -0.39 is 11.2 Å². The Morgan fingerprint density at radius 2 is 1.51 bits per heavy atom. The van der Waals surface area contributed by atoms with Crippen molar-refractivity contribution in [1.82, 2.24) is 14.1 Å². The first-order valence-corrected chi connectivity index (χ1v) is 11.8. The van der Waals surface area contributed by atoms with Crippen molar-refractivity contribution in [1.29, 1.82) is 0 Å². The molecule has 3 N–H and O–H groups in total. The van der Waals surface area contributed by atoms with Crippen LogP contribution in [-0.2, 0) is 17.9 Å². The Kier molecular flexibility index (Phi) is 6.86. The van der Waals surface area contributed by atoms with E-state index in [0.717, 1.165) is 6.42 Å². The van der Waals surface area contributed by atoms with Crippen LogP contribution in [0, 0.1) is 0 Å². The summed E-state index contributed by atoms with van der Waals surface area (Å²) >= 11 is 0. The molecule has 0 saturated carbocycles. The predicted octanol–water partition coefficient (Wildman–Crippen LogP) is 2.83. The first-order valence-electron chi connectivity index (χ1n) is 11.8. The van der Waals surface area contributed by atoms with Crippen molar-refractivity contribution in [3.8, 4) is 0 Å². The van der Waals surface area contributed by atoms with Gasteiger partial charge in [-0.25, -0.2) is 4.79 Å². The van der Waals surface area contributed by atoms with Gasteiger partial charge in [-0.1, -0.05) is 44.5 Å². The first kappa shape index (κ1) is 24.0. The zero-order chi connectivity index (χ0) is 25.1. The number of rotatable bonds is 8. The number of aromatic nitrogens is 3. The second kappa shape index (κ2) is 10.0. The molecule has 2 aromatic carbocycles. The average Bonchev–Trinajstić information content (AvgIpc) is 2.86. The average molecular weight is 476 g/mol. The fourth-order valence-corrected chi connectivity index (χ4v) is 4.43. The molecule has 0 aliphatic rings. The highest BCUT2D eigenvalue weighted by Crippen LogP contribution is 2.22. The number of unbranched alkanes of at least 4 members (excludes halogenated alkanes) is 1. The molecule has 0 fully saturated rings. The molecule has 0 aliphatic carbocycles. The standard InChI is InChI=1S/C26H29N5O4/c1-3-5-15-29(22-24(27)30(14-4-2)26(35)28-25(22)34)21(32)16-31-19-12-8-6-10-17(19)23(33)18-11-7-9-13-20(18)31/h6-13H,3-5,14-16,27H2,1-2H3,(H,28,34,35). The van der Waals surface area contributed by atoms with Gasteiger partial charge in [0.05, 0.1) is 11.0 Å². The monoisotopic (exact) mass is 475 g/mol. The summed E-state index contributed by atoms with van der Waals surface area (Å²) in [6.45, 7) is 4.35. The van der Waals surface area contributed by atoms with Gasteiger partial charge in [0.25, 0.3) is 5.56 Å². The van der Waals surface area contributed by atoms with Gasteiger partial charge in [0.1, 0.15) is 12.4 Å². The number of carbonyl (C=O) groups is 1. The maximum absolute atomic E-state index is 13.8. The van der Waals surface area contributed by atoms with Crippen LogP contribution in [0.4, 0.5) is 11.5 Å². The van der Waals surface area contributed by atoms with E-state index in [0.29, 0.717) is 41.2 Å². The summed E-state index contributed by atoms with van der Waals surface area (Å²) in [5.74, 6) is -0.393. The van der Waals surface area contributed by atoms with Crippen LogP contribution in [0.25, 0.3) is 21.8 Å². The minimum Gasteiger partial charge on any atom is -0.383 e. The van der Waals surface area contributed by atoms with Crippen LogP contribution in [0.15, 0.2) is 62.9 Å². The molecule has 0 radical (unpaired) electrons. The third-order valence-electron chi connectivity index (χ3n) is 6.14. The second-order valence-corrected chi connectivity index (χ2v) is 8.49. The van der Waals surface area contributed by atoms with Gasteiger partial charge in [-0.2, -0.15) is 0 Å². The molecule has 0 spiro atoms. The zero-order valence-corrected chi connectivity index (χ0v) is 19.9. The van der Waals surface area contributed by atoms with Crippen LogP contribution in [0.1, 0.15) is 33.1 Å². The summed E-state index contributed by atoms with van der Waals surface area (Å²) in [5.41, 5.74) is 6.10. The molecule has 0 atom stereocenters. The summed E-state index contributed by atoms with van der Waals surface area (Å²) in [6, 6.07) is 14.3. The summed E-state index contributed by atoms with van der Waals surface area (Å²) in [7, 11) is 0. The molecular weight excluding hydrogens is 446 g/mol. The van der Waals surface area contributed by atoms with E-state index in [9.17, 15) is 19.2 Å². The fraction of sp³-hybridized carbons (Fsp3) is 0.308. The van der Waals surface area contributed by atoms with E-state index in [1.807, 2.05) is 26.0 Å². The smallest absolute Gasteiger partial charge is 0.330 e. The van der Waals surface area contributed by atoms with E-state index in [1.165, 1.54) is 9.47 Å². The van der Waals surface area contributed by atoms with Crippen molar-refractivity contribution in [3.05, 3.63) is 79.6 Å². The Bertz CT molecular complexity index is 1520. The Hall–Kier alpha value is -4.14. The number of aromatic amines is 1. The molecule has 0 saturated heterocycles. The van der Waals surface area contributed by atoms with E-state index in [4.69, 9.17) is 5.73 Å². The number of nitrogen functional groups attached to an aromatic ring is 1. The highest BCUT2D eigenvalue weighted by Gasteiger charge is 2.25. The molecule has 35 heavy (non-hydrogen) atoms. The SMILES string of the molecule is CCCCN(C(=O)Cn1c2ccccc2c(=O)c2ccccc21)c1c(N)n(CCC)c(=O)[nH]c1=O. The van der Waals surface area contributed by atoms with Crippen molar-refractivity contribution < 1.29 is 4.79 Å². The molecule has 1 amide bonds. The molecule has 2 aromatic heterocycles. The molecule has 9 heteroatoms. The number of nitrogens with two attached hydrogens (primary N) is 1. The number of H-pyrrole nitrogens is 1. The van der Waals surface area contributed by atoms with Crippen LogP contribution in [-0.4, -0.2) is 26.6 Å². The molecule has 0 bridgehead atoms. The first-order chi connectivity index (χ1) is 16.9. The fourth-order valence-electron chi connectivity index (χ4n) is 4.43. The molecule has 0 unspecified atom stereocenters. The van der Waals surface area contributed by atoms with Crippen LogP contribution in [0.3, 0.4) is 0 Å². The summed E-state index contributed by atoms with van der Waals surface area (Å²) in [4.78, 5) is 55.7. The molecule has 4 rings (SSSR count). The molecule has 182 valence electrons. The number of nitrogens with zero attached hydrogens (tertiary/aromatic N) is 3. The Morgan fingerprint density at radius 3 is 2.09 bits per heavy atom. The number of fused-ring (bicyclic) bond motifs is 2. The predicted molar refractivity (Wildman–Crippen MR) is 139 cm³/mol. The minimum absolute atomic E-state index is 0.0221. The van der Waals surface area contributed by atoms with Crippen molar-refractivity contribution in [2.45, 2.75) is 46.2 Å². The van der Waals surface area contributed by atoms with E-state index in [1.54, 1.807) is 41.0 Å². The topological polar surface area (TPSA) is 123 Å². The number of carbonyl (C=O) groups excluding carboxylic acids is 1. The molecule has 2 heterocycles. The Labute approximate surface area is 201 Å². The quantitative estimate of drug-likeness (QED) is 0.379. The van der Waals surface area contributed by atoms with Gasteiger partial charge < -0.3 is 15.2 Å². The maximum Gasteiger partial charge on any atom is 0.330 e. The lowest BCUT2D eigenvalue weighted by atomic mass is 10.1. The van der Waals surface area contributed by atoms with Gasteiger partial charge in [0.15, 0.2) is 11.1 Å². The minimum atomic E-state index is -0.695. The van der Waals surface area contributed by atoms with Gasteiger partial charge in [-0.15, -0.1) is 0 Å². The van der Waals surface area contributed by atoms with Crippen molar-refractivity contribution in [2.75, 3.05) is 17.2 Å². The molecule has 4 aromatic rings. The van der Waals surface area contributed by atoms with E-state index >= 15 is 0 Å². The number of pyridine rings is 1. The van der Waals surface area contributed by atoms with Gasteiger partial charge in [0, 0.05) is 23.9 Å². The van der Waals surface area contributed by atoms with Crippen molar-refractivity contribution in [3.63, 3.8) is 0 Å². The third-order valence-corrected chi connectivity index (χ3v) is 6.14. The second-order valence-electron chi connectivity index (χ2n) is 8.49. The van der Waals surface area contributed by atoms with Crippen molar-refractivity contribution in [2.24, 2.45) is 0 Å². The number of anilines is 2. The molecule has 0 aliphatic heterocycles. The summed E-state index contributed by atoms with van der Waals surface area (Å²) in [5, 5.41) is 1.01. The Balaban J connectivity index is 1.88. The van der Waals surface area contributed by atoms with Gasteiger partial charge in [-0.05, 0) is 37.1 Å². The van der Waals surface area contributed by atoms with Crippen molar-refractivity contribution >= 4 is 39.2 Å². The van der Waals surface area contributed by atoms with Crippen LogP contribution in [0.2, 0.25) is 0 Å². The number of benzene rings is 2. The van der Waals surface area contributed by atoms with Gasteiger partial charge in [-0.3, -0.25) is 23.9 Å². The zero-order valence-electron chi connectivity index (χ0n) is 19.9. The maximum atomic E-state index is 13.8. The van der Waals surface area contributed by atoms with Crippen LogP contribution < -0.4 is 27.3 Å². The normalized spacial score (nSPS) is 11.3. The number of nitrogens with one attached hydrogen (secondary N) is 1. The van der Waals surface area contributed by atoms with Gasteiger partial charge in [0.2, 0.25) is 5.91 Å². The largest absolute Gasteiger partial charge is 0.383 e. The van der Waals surface area contributed by atoms with Gasteiger partial charge >= 0.3 is 5.69 Å². The lowest BCUT2D eigenvalue weighted by Crippen LogP contribution is -2.43. The number of hydrogen-bond acceptors (Lipinski definition) is 5. The van der Waals surface area contributed by atoms with E-state index in [2.05, 4.69) is 4.98 Å². The summed E-state index contributed by atoms with van der Waals surface area (Å²) in [6.07, 6.45) is 2.07. The highest BCUT2D eigenvalue weighted by atomic mass is 16.2. The third kappa shape index (κ3) is 4.37. The number of hydrogen-bond donors (Lipinski definition) is 2. The number of amides is 1. The Morgan fingerprint density at radius 1 is 0.914 bits per heavy atom. The van der Waals surface area contributed by atoms with E-state index in [-0.39, 0.29) is 35.9 Å². The molecular formula is C26H29N5O4. The molecule has 9 nitrogen and oxygen atoms in total. The van der Waals surface area contributed by atoms with Crippen LogP contribution in [0.5, 0.6) is 0 Å². The lowest BCUT2D eigenvalue weighted by molar-refractivity contribution is -0.119. The van der Waals surface area contributed by atoms with Crippen LogP contribution >= 0.6 is 0 Å². The highest BCUT2D eigenvalue weighted by molar-refractivity contribution is 5.99. The lowest BCUT2D eigenvalue weighted by Gasteiger charge is -2.25.